The second-order valence-electron chi connectivity index (χ2n) is 9.32. The van der Waals surface area contributed by atoms with Gasteiger partial charge in [-0.3, -0.25) is 9.98 Å². The fraction of sp³-hybridized carbons (Fsp3) is 0.379. The van der Waals surface area contributed by atoms with Gasteiger partial charge in [0.2, 0.25) is 0 Å². The van der Waals surface area contributed by atoms with Gasteiger partial charge in [0.15, 0.2) is 0 Å². The van der Waals surface area contributed by atoms with Gasteiger partial charge in [0.25, 0.3) is 0 Å². The summed E-state index contributed by atoms with van der Waals surface area (Å²) in [6.07, 6.45) is 11.2. The molecule has 4 nitrogen and oxygen atoms in total. The Kier molecular flexibility index (Phi) is 6.29. The summed E-state index contributed by atoms with van der Waals surface area (Å²) in [7, 11) is 0. The zero-order chi connectivity index (χ0) is 23.9. The van der Waals surface area contributed by atoms with E-state index in [4.69, 9.17) is 0 Å². The van der Waals surface area contributed by atoms with Crippen molar-refractivity contribution in [2.24, 2.45) is 9.98 Å². The molecule has 172 valence electrons. The van der Waals surface area contributed by atoms with Crippen molar-refractivity contribution in [3.05, 3.63) is 78.7 Å². The van der Waals surface area contributed by atoms with Gasteiger partial charge in [-0.25, -0.2) is 0 Å². The molecule has 0 spiro atoms. The Balaban J connectivity index is 1.71. The van der Waals surface area contributed by atoms with E-state index >= 15 is 0 Å². The number of aliphatic imine (C=N–C) groups is 2. The van der Waals surface area contributed by atoms with Crippen LogP contribution in [0.25, 0.3) is 12.2 Å². The molecule has 0 saturated heterocycles. The van der Waals surface area contributed by atoms with E-state index in [0.29, 0.717) is 0 Å². The van der Waals surface area contributed by atoms with Gasteiger partial charge in [0.05, 0.1) is 11.4 Å². The van der Waals surface area contributed by atoms with Crippen molar-refractivity contribution in [3.8, 4) is 0 Å². The molecular weight excluding hydrogens is 404 g/mol. The van der Waals surface area contributed by atoms with Crippen LogP contribution in [0.5, 0.6) is 0 Å². The zero-order valence-corrected chi connectivity index (χ0v) is 21.3. The quantitative estimate of drug-likeness (QED) is 0.477. The molecule has 0 atom stereocenters. The average molecular weight is 441 g/mol. The highest BCUT2D eigenvalue weighted by atomic mass is 14.8. The molecule has 4 heteroatoms. The van der Waals surface area contributed by atoms with Gasteiger partial charge < -0.3 is 9.97 Å². The number of hydrogen-bond acceptors (Lipinski definition) is 2. The van der Waals surface area contributed by atoms with Gasteiger partial charge in [-0.2, -0.15) is 0 Å². The lowest BCUT2D eigenvalue weighted by molar-refractivity contribution is 0.965. The fourth-order valence-corrected chi connectivity index (χ4v) is 4.85. The molecule has 0 saturated carbocycles. The van der Waals surface area contributed by atoms with Gasteiger partial charge in [0, 0.05) is 41.6 Å². The topological polar surface area (TPSA) is 56.3 Å². The third-order valence-corrected chi connectivity index (χ3v) is 7.38. The maximum absolute atomic E-state index is 4.60. The number of allylic oxidation sites excluding steroid dienone is 4. The number of aromatic amines is 2. The molecule has 2 aliphatic rings. The summed E-state index contributed by atoms with van der Waals surface area (Å²) >= 11 is 0. The van der Waals surface area contributed by atoms with Gasteiger partial charge >= 0.3 is 0 Å². The number of nitrogens with zero attached hydrogens (tertiary/aromatic N) is 2. The van der Waals surface area contributed by atoms with E-state index in [1.165, 1.54) is 67.3 Å². The van der Waals surface area contributed by atoms with Crippen molar-refractivity contribution in [3.63, 3.8) is 0 Å². The summed E-state index contributed by atoms with van der Waals surface area (Å²) in [6, 6.07) is 0. The smallest absolute Gasteiger partial charge is 0.0682 e. The lowest BCUT2D eigenvalue weighted by Crippen LogP contribution is -1.97. The van der Waals surface area contributed by atoms with Crippen molar-refractivity contribution in [2.45, 2.75) is 74.7 Å². The Morgan fingerprint density at radius 1 is 0.667 bits per heavy atom. The minimum Gasteiger partial charge on any atom is -0.358 e. The summed E-state index contributed by atoms with van der Waals surface area (Å²) in [5, 5.41) is 0. The molecule has 2 aliphatic heterocycles. The highest BCUT2D eigenvalue weighted by molar-refractivity contribution is 5.88. The van der Waals surface area contributed by atoms with Gasteiger partial charge in [-0.1, -0.05) is 13.8 Å². The maximum Gasteiger partial charge on any atom is 0.0682 e. The fourth-order valence-electron chi connectivity index (χ4n) is 4.85. The van der Waals surface area contributed by atoms with E-state index in [0.717, 1.165) is 30.7 Å². The molecule has 2 aromatic rings. The minimum atomic E-state index is 0.870. The Labute approximate surface area is 198 Å². The van der Waals surface area contributed by atoms with Crippen LogP contribution in [0.3, 0.4) is 0 Å². The zero-order valence-electron chi connectivity index (χ0n) is 21.3. The number of aromatic nitrogens is 2. The van der Waals surface area contributed by atoms with Gasteiger partial charge in [-0.05, 0) is 111 Å². The highest BCUT2D eigenvalue weighted by Gasteiger charge is 2.19. The predicted octanol–water partition coefficient (Wildman–Crippen LogP) is 7.20. The Bertz CT molecular complexity index is 1200. The third-order valence-electron chi connectivity index (χ3n) is 7.38. The second kappa shape index (κ2) is 9.01. The molecule has 0 bridgehead atoms. The minimum absolute atomic E-state index is 0.870. The summed E-state index contributed by atoms with van der Waals surface area (Å²) < 4.78 is 0. The summed E-state index contributed by atoms with van der Waals surface area (Å²) in [4.78, 5) is 16.7. The molecule has 4 rings (SSSR count). The molecule has 0 radical (unpaired) electrons. The number of hydrogen-bond donors (Lipinski definition) is 2. The SMILES string of the molecule is CCc1c(Cc2[nH]c(/C=C3\N=CC(C)=C3C)c(C)c2CC)[nH]c(C=C2N=CC(C)=C2C)c1C. The van der Waals surface area contributed by atoms with Crippen LogP contribution < -0.4 is 0 Å². The summed E-state index contributed by atoms with van der Waals surface area (Å²) in [6.45, 7) is 17.5. The lowest BCUT2D eigenvalue weighted by atomic mass is 10.0. The van der Waals surface area contributed by atoms with Crippen LogP contribution in [-0.4, -0.2) is 22.4 Å². The Morgan fingerprint density at radius 2 is 1.06 bits per heavy atom. The van der Waals surface area contributed by atoms with Crippen molar-refractivity contribution in [1.29, 1.82) is 0 Å². The second-order valence-corrected chi connectivity index (χ2v) is 9.32. The van der Waals surface area contributed by atoms with E-state index in [1.54, 1.807) is 0 Å². The average Bonchev–Trinajstić information content (AvgIpc) is 3.47. The van der Waals surface area contributed by atoms with E-state index < -0.39 is 0 Å². The molecular formula is C29H36N4. The molecule has 0 aromatic carbocycles. The summed E-state index contributed by atoms with van der Waals surface area (Å²) in [5.74, 6) is 0. The first-order valence-corrected chi connectivity index (χ1v) is 12.0. The van der Waals surface area contributed by atoms with Crippen LogP contribution in [-0.2, 0) is 19.3 Å². The van der Waals surface area contributed by atoms with E-state index in [9.17, 15) is 0 Å². The molecule has 2 N–H and O–H groups in total. The van der Waals surface area contributed by atoms with Crippen LogP contribution in [0.15, 0.2) is 43.7 Å². The molecule has 0 unspecified atom stereocenters. The van der Waals surface area contributed by atoms with Crippen molar-refractivity contribution in [1.82, 2.24) is 9.97 Å². The van der Waals surface area contributed by atoms with Gasteiger partial charge in [0.1, 0.15) is 0 Å². The summed E-state index contributed by atoms with van der Waals surface area (Å²) in [5.41, 5.74) is 17.5. The third kappa shape index (κ3) is 4.15. The van der Waals surface area contributed by atoms with Gasteiger partial charge in [-0.15, -0.1) is 0 Å². The molecule has 33 heavy (non-hydrogen) atoms. The number of rotatable bonds is 6. The monoisotopic (exact) mass is 440 g/mol. The van der Waals surface area contributed by atoms with Crippen molar-refractivity contribution < 1.29 is 0 Å². The molecule has 2 aromatic heterocycles. The predicted molar refractivity (Wildman–Crippen MR) is 142 cm³/mol. The molecule has 4 heterocycles. The first-order valence-electron chi connectivity index (χ1n) is 12.0. The standard InChI is InChI=1S/C29H36N4/c1-9-22-20(7)26(11-24-18(5)16(3)14-30-24)32-28(22)13-29-23(10-2)21(8)27(33-29)12-25-19(6)17(4)15-31-25/h11-12,14-15,32-33H,9-10,13H2,1-8H3/b24-11-,25-12?. The first-order chi connectivity index (χ1) is 15.7. The van der Waals surface area contributed by atoms with Crippen LogP contribution in [0, 0.1) is 13.8 Å². The number of H-pyrrole nitrogens is 2. The normalized spacial score (nSPS) is 18.3. The van der Waals surface area contributed by atoms with Crippen molar-refractivity contribution in [2.75, 3.05) is 0 Å². The Hall–Kier alpha value is -3.14. The van der Waals surface area contributed by atoms with Crippen LogP contribution in [0.1, 0.15) is 86.6 Å². The van der Waals surface area contributed by atoms with Crippen LogP contribution >= 0.6 is 0 Å². The molecule has 0 fully saturated rings. The number of nitrogens with one attached hydrogen (secondary N) is 2. The van der Waals surface area contributed by atoms with E-state index in [-0.39, 0.29) is 0 Å². The first kappa shape index (κ1) is 23.0. The van der Waals surface area contributed by atoms with Crippen LogP contribution in [0.2, 0.25) is 0 Å². The molecule has 0 aliphatic carbocycles. The van der Waals surface area contributed by atoms with E-state index in [2.05, 4.69) is 87.5 Å². The van der Waals surface area contributed by atoms with Crippen molar-refractivity contribution >= 4 is 24.6 Å². The highest BCUT2D eigenvalue weighted by Crippen LogP contribution is 2.31. The largest absolute Gasteiger partial charge is 0.358 e. The maximum atomic E-state index is 4.60. The Morgan fingerprint density at radius 3 is 1.36 bits per heavy atom. The van der Waals surface area contributed by atoms with Crippen LogP contribution in [0.4, 0.5) is 0 Å². The lowest BCUT2D eigenvalue weighted by Gasteiger charge is -2.05. The van der Waals surface area contributed by atoms with E-state index in [1.807, 2.05) is 12.4 Å². The molecule has 0 amide bonds.